The van der Waals surface area contributed by atoms with Gasteiger partial charge in [0.2, 0.25) is 5.90 Å². The van der Waals surface area contributed by atoms with Gasteiger partial charge in [0.05, 0.1) is 12.2 Å². The van der Waals surface area contributed by atoms with Crippen molar-refractivity contribution in [2.45, 2.75) is 56.1 Å². The van der Waals surface area contributed by atoms with Crippen LogP contribution in [-0.2, 0) is 9.53 Å². The minimum absolute atomic E-state index is 0.0876. The Balaban J connectivity index is 1.62. The van der Waals surface area contributed by atoms with E-state index >= 15 is 0 Å². The average molecular weight is 432 g/mol. The Hall–Kier alpha value is -2.42. The first-order valence-corrected chi connectivity index (χ1v) is 10.9. The van der Waals surface area contributed by atoms with Crippen LogP contribution >= 0.6 is 0 Å². The Morgan fingerprint density at radius 3 is 2.68 bits per heavy atom. The molecule has 4 N–H and O–H groups in total. The minimum Gasteiger partial charge on any atom is -0.494 e. The fraction of sp³-hybridized carbons (Fsp3) is 0.565. The molecule has 8 nitrogen and oxygen atoms in total. The summed E-state index contributed by atoms with van der Waals surface area (Å²) in [6.07, 6.45) is 7.17. The molecule has 1 heterocycles. The van der Waals surface area contributed by atoms with Crippen LogP contribution in [0.1, 0.15) is 50.5 Å². The van der Waals surface area contributed by atoms with Crippen molar-refractivity contribution < 1.29 is 24.5 Å². The predicted octanol–water partition coefficient (Wildman–Crippen LogP) is 1.86. The summed E-state index contributed by atoms with van der Waals surface area (Å²) in [5.41, 5.74) is 4.47. The van der Waals surface area contributed by atoms with Crippen molar-refractivity contribution >= 4 is 11.8 Å². The molecule has 0 aromatic heterocycles. The lowest BCUT2D eigenvalue weighted by Gasteiger charge is -2.32. The molecule has 1 aliphatic heterocycles. The van der Waals surface area contributed by atoms with Crippen LogP contribution in [0.4, 0.5) is 0 Å². The fourth-order valence-electron chi connectivity index (χ4n) is 3.89. The summed E-state index contributed by atoms with van der Waals surface area (Å²) in [5.74, 6) is 0.770. The van der Waals surface area contributed by atoms with Gasteiger partial charge < -0.3 is 19.7 Å². The maximum atomic E-state index is 13.0. The number of rotatable bonds is 11. The molecule has 0 radical (unpaired) electrons. The summed E-state index contributed by atoms with van der Waals surface area (Å²) in [5, 5.41) is 19.4. The first-order valence-electron chi connectivity index (χ1n) is 10.9. The maximum absolute atomic E-state index is 13.0. The third-order valence-electron chi connectivity index (χ3n) is 5.74. The molecule has 1 aromatic rings. The molecule has 0 saturated heterocycles. The quantitative estimate of drug-likeness (QED) is 0.242. The van der Waals surface area contributed by atoms with Crippen LogP contribution in [0.2, 0.25) is 0 Å². The SMILES string of the molecule is C=CC[C@@]1(C(=O)NNCC2(O)CCCCC2)COC(c2ccc(OCCCO)cc2)=N1. The average Bonchev–Trinajstić information content (AvgIpc) is 3.20. The van der Waals surface area contributed by atoms with E-state index in [1.54, 1.807) is 18.2 Å². The number of hydrazine groups is 1. The molecule has 1 atom stereocenters. The van der Waals surface area contributed by atoms with Crippen LogP contribution in [-0.4, -0.2) is 59.5 Å². The van der Waals surface area contributed by atoms with Gasteiger partial charge in [0.1, 0.15) is 12.4 Å². The van der Waals surface area contributed by atoms with E-state index in [9.17, 15) is 9.90 Å². The van der Waals surface area contributed by atoms with Gasteiger partial charge in [0.25, 0.3) is 5.91 Å². The molecule has 1 amide bonds. The molecule has 1 fully saturated rings. The van der Waals surface area contributed by atoms with Crippen molar-refractivity contribution in [2.75, 3.05) is 26.4 Å². The molecule has 2 aliphatic rings. The van der Waals surface area contributed by atoms with Crippen molar-refractivity contribution in [3.8, 4) is 5.75 Å². The van der Waals surface area contributed by atoms with Gasteiger partial charge in [0, 0.05) is 31.6 Å². The third-order valence-corrected chi connectivity index (χ3v) is 5.74. The van der Waals surface area contributed by atoms with Gasteiger partial charge in [-0.3, -0.25) is 10.2 Å². The van der Waals surface area contributed by atoms with Gasteiger partial charge >= 0.3 is 0 Å². The predicted molar refractivity (Wildman–Crippen MR) is 118 cm³/mol. The molecule has 0 spiro atoms. The Kier molecular flexibility index (Phi) is 8.06. The topological polar surface area (TPSA) is 112 Å². The van der Waals surface area contributed by atoms with Gasteiger partial charge in [0.15, 0.2) is 5.54 Å². The van der Waals surface area contributed by atoms with Crippen LogP contribution in [0.5, 0.6) is 5.75 Å². The van der Waals surface area contributed by atoms with Crippen molar-refractivity contribution in [1.29, 1.82) is 0 Å². The van der Waals surface area contributed by atoms with Crippen LogP contribution in [0, 0.1) is 0 Å². The molecule has 0 unspecified atom stereocenters. The van der Waals surface area contributed by atoms with Gasteiger partial charge in [-0.05, 0) is 37.1 Å². The number of amides is 1. The Bertz CT molecular complexity index is 774. The number of carbonyl (C=O) groups excluding carboxylic acids is 1. The second-order valence-corrected chi connectivity index (χ2v) is 8.27. The fourth-order valence-corrected chi connectivity index (χ4v) is 3.89. The standard InChI is InChI=1S/C23H33N3O5/c1-2-11-23(21(28)26-24-16-22(29)12-4-3-5-13-22)17-31-20(25-23)18-7-9-19(10-8-18)30-15-6-14-27/h2,7-10,24,27,29H,1,3-6,11-17H2,(H,26,28)/t23-/m0/s1. The zero-order valence-corrected chi connectivity index (χ0v) is 17.9. The molecule has 1 aliphatic carbocycles. The molecule has 170 valence electrons. The molecule has 31 heavy (non-hydrogen) atoms. The molecular weight excluding hydrogens is 398 g/mol. The van der Waals surface area contributed by atoms with Crippen molar-refractivity contribution in [3.05, 3.63) is 42.5 Å². The second-order valence-electron chi connectivity index (χ2n) is 8.27. The Labute approximate surface area is 183 Å². The normalized spacial score (nSPS) is 22.3. The summed E-state index contributed by atoms with van der Waals surface area (Å²) in [4.78, 5) is 17.6. The summed E-state index contributed by atoms with van der Waals surface area (Å²) < 4.78 is 11.3. The molecule has 1 saturated carbocycles. The Morgan fingerprint density at radius 2 is 2.00 bits per heavy atom. The smallest absolute Gasteiger partial charge is 0.266 e. The van der Waals surface area contributed by atoms with Crippen LogP contribution < -0.4 is 15.6 Å². The highest BCUT2D eigenvalue weighted by Gasteiger charge is 2.43. The highest BCUT2D eigenvalue weighted by Crippen LogP contribution is 2.28. The molecular formula is C23H33N3O5. The monoisotopic (exact) mass is 431 g/mol. The zero-order chi connectivity index (χ0) is 22.2. The van der Waals surface area contributed by atoms with Crippen LogP contribution in [0.15, 0.2) is 41.9 Å². The highest BCUT2D eigenvalue weighted by atomic mass is 16.5. The lowest BCUT2D eigenvalue weighted by atomic mass is 9.85. The Morgan fingerprint density at radius 1 is 1.26 bits per heavy atom. The second kappa shape index (κ2) is 10.7. The van der Waals surface area contributed by atoms with Gasteiger partial charge in [-0.25, -0.2) is 10.4 Å². The highest BCUT2D eigenvalue weighted by molar-refractivity contribution is 6.00. The molecule has 8 heteroatoms. The van der Waals surface area contributed by atoms with E-state index in [2.05, 4.69) is 22.4 Å². The minimum atomic E-state index is -1.10. The lowest BCUT2D eigenvalue weighted by Crippen LogP contribution is -2.55. The number of ether oxygens (including phenoxy) is 2. The number of hydrogen-bond donors (Lipinski definition) is 4. The van der Waals surface area contributed by atoms with E-state index in [1.807, 2.05) is 12.1 Å². The first-order chi connectivity index (χ1) is 15.0. The number of nitrogens with zero attached hydrogens (tertiary/aromatic N) is 1. The van der Waals surface area contributed by atoms with Crippen LogP contribution in [0.25, 0.3) is 0 Å². The van der Waals surface area contributed by atoms with Crippen molar-refractivity contribution in [1.82, 2.24) is 10.9 Å². The van der Waals surface area contributed by atoms with Crippen molar-refractivity contribution in [3.63, 3.8) is 0 Å². The largest absolute Gasteiger partial charge is 0.494 e. The first kappa shape index (κ1) is 23.2. The molecule has 0 bridgehead atoms. The van der Waals surface area contributed by atoms with Crippen LogP contribution in [0.3, 0.4) is 0 Å². The number of aliphatic hydroxyl groups excluding tert-OH is 1. The van der Waals surface area contributed by atoms with E-state index < -0.39 is 11.1 Å². The van der Waals surface area contributed by atoms with Gasteiger partial charge in [-0.2, -0.15) is 0 Å². The van der Waals surface area contributed by atoms with E-state index in [1.165, 1.54) is 0 Å². The van der Waals surface area contributed by atoms with Crippen molar-refractivity contribution in [2.24, 2.45) is 4.99 Å². The summed E-state index contributed by atoms with van der Waals surface area (Å²) >= 11 is 0. The number of aliphatic hydroxyl groups is 2. The van der Waals surface area contributed by atoms with Gasteiger partial charge in [-0.1, -0.05) is 25.3 Å². The van der Waals surface area contributed by atoms with E-state index in [-0.39, 0.29) is 19.1 Å². The summed E-state index contributed by atoms with van der Waals surface area (Å²) in [6.45, 7) is 4.71. The number of carbonyl (C=O) groups is 1. The van der Waals surface area contributed by atoms with E-state index in [4.69, 9.17) is 14.6 Å². The molecule has 1 aromatic carbocycles. The third kappa shape index (κ3) is 6.06. The number of benzene rings is 1. The maximum Gasteiger partial charge on any atom is 0.266 e. The number of hydrogen-bond acceptors (Lipinski definition) is 7. The zero-order valence-electron chi connectivity index (χ0n) is 17.9. The molecule has 3 rings (SSSR count). The number of nitrogens with one attached hydrogen (secondary N) is 2. The summed E-state index contributed by atoms with van der Waals surface area (Å²) in [6, 6.07) is 7.26. The van der Waals surface area contributed by atoms with Gasteiger partial charge in [-0.15, -0.1) is 6.58 Å². The summed E-state index contributed by atoms with van der Waals surface area (Å²) in [7, 11) is 0. The number of aliphatic imine (C=N–C) groups is 1. The van der Waals surface area contributed by atoms with E-state index in [0.29, 0.717) is 37.6 Å². The lowest BCUT2D eigenvalue weighted by molar-refractivity contribution is -0.128. The van der Waals surface area contributed by atoms with E-state index in [0.717, 1.165) is 37.7 Å².